The number of rotatable bonds is 6. The van der Waals surface area contributed by atoms with E-state index in [0.717, 1.165) is 18.6 Å². The summed E-state index contributed by atoms with van der Waals surface area (Å²) in [5.74, 6) is 0.737. The standard InChI is InChI=1S/C11H20N2O2/c1-4-5-6-7-15-10-8-11(2,9-14)12-13(10)3/h8-9,12H,4-7H2,1-3H3. The quantitative estimate of drug-likeness (QED) is 0.534. The summed E-state index contributed by atoms with van der Waals surface area (Å²) in [5, 5.41) is 1.75. The van der Waals surface area contributed by atoms with Crippen LogP contribution >= 0.6 is 0 Å². The molecule has 0 aromatic heterocycles. The Bertz CT molecular complexity index is 253. The molecule has 4 heteroatoms. The maximum atomic E-state index is 10.8. The number of nitrogens with zero attached hydrogens (tertiary/aromatic N) is 1. The smallest absolute Gasteiger partial charge is 0.201 e. The highest BCUT2D eigenvalue weighted by Gasteiger charge is 2.31. The lowest BCUT2D eigenvalue weighted by molar-refractivity contribution is -0.112. The van der Waals surface area contributed by atoms with E-state index in [1.54, 1.807) is 5.01 Å². The summed E-state index contributed by atoms with van der Waals surface area (Å²) in [7, 11) is 1.85. The first-order valence-corrected chi connectivity index (χ1v) is 5.45. The third-order valence-corrected chi connectivity index (χ3v) is 2.41. The highest BCUT2D eigenvalue weighted by molar-refractivity contribution is 5.68. The lowest BCUT2D eigenvalue weighted by Crippen LogP contribution is -2.44. The first kappa shape index (κ1) is 12.0. The molecular formula is C11H20N2O2. The molecule has 1 unspecified atom stereocenters. The van der Waals surface area contributed by atoms with Gasteiger partial charge >= 0.3 is 0 Å². The van der Waals surface area contributed by atoms with Crippen molar-refractivity contribution in [1.29, 1.82) is 0 Å². The Hall–Kier alpha value is -1.03. The molecule has 0 amide bonds. The number of hydrazine groups is 1. The molecule has 1 aliphatic rings. The number of nitrogens with one attached hydrogen (secondary N) is 1. The Morgan fingerprint density at radius 1 is 1.60 bits per heavy atom. The van der Waals surface area contributed by atoms with E-state index in [2.05, 4.69) is 12.3 Å². The molecule has 1 N–H and O–H groups in total. The summed E-state index contributed by atoms with van der Waals surface area (Å²) < 4.78 is 5.58. The molecule has 1 aliphatic heterocycles. The van der Waals surface area contributed by atoms with Gasteiger partial charge in [0, 0.05) is 13.1 Å². The van der Waals surface area contributed by atoms with Crippen LogP contribution in [0, 0.1) is 0 Å². The van der Waals surface area contributed by atoms with Crippen molar-refractivity contribution >= 4 is 6.29 Å². The van der Waals surface area contributed by atoms with E-state index in [9.17, 15) is 4.79 Å². The summed E-state index contributed by atoms with van der Waals surface area (Å²) in [4.78, 5) is 10.8. The molecule has 1 atom stereocenters. The van der Waals surface area contributed by atoms with Gasteiger partial charge in [-0.25, -0.2) is 5.43 Å². The number of hydrogen-bond donors (Lipinski definition) is 1. The van der Waals surface area contributed by atoms with Crippen molar-refractivity contribution in [3.05, 3.63) is 12.0 Å². The molecule has 4 nitrogen and oxygen atoms in total. The first-order valence-electron chi connectivity index (χ1n) is 5.45. The van der Waals surface area contributed by atoms with Crippen LogP contribution in [0.15, 0.2) is 12.0 Å². The Labute approximate surface area is 91.2 Å². The van der Waals surface area contributed by atoms with E-state index in [4.69, 9.17) is 4.74 Å². The van der Waals surface area contributed by atoms with Crippen molar-refractivity contribution in [2.75, 3.05) is 13.7 Å². The zero-order valence-corrected chi connectivity index (χ0v) is 9.75. The van der Waals surface area contributed by atoms with Gasteiger partial charge in [0.1, 0.15) is 11.8 Å². The van der Waals surface area contributed by atoms with Gasteiger partial charge in [-0.05, 0) is 13.3 Å². The second kappa shape index (κ2) is 5.16. The van der Waals surface area contributed by atoms with Gasteiger partial charge in [0.2, 0.25) is 5.88 Å². The summed E-state index contributed by atoms with van der Waals surface area (Å²) >= 11 is 0. The third kappa shape index (κ3) is 3.23. The Morgan fingerprint density at radius 2 is 2.33 bits per heavy atom. The predicted octanol–water partition coefficient (Wildman–Crippen LogP) is 1.44. The lowest BCUT2D eigenvalue weighted by Gasteiger charge is -2.20. The number of hydrogen-bond acceptors (Lipinski definition) is 4. The number of unbranched alkanes of at least 4 members (excludes halogenated alkanes) is 2. The molecule has 0 spiro atoms. The van der Waals surface area contributed by atoms with Gasteiger partial charge in [-0.1, -0.05) is 19.8 Å². The van der Waals surface area contributed by atoms with Gasteiger partial charge in [-0.3, -0.25) is 5.01 Å². The van der Waals surface area contributed by atoms with Crippen LogP contribution in [0.3, 0.4) is 0 Å². The third-order valence-electron chi connectivity index (χ3n) is 2.41. The van der Waals surface area contributed by atoms with Crippen molar-refractivity contribution in [3.8, 4) is 0 Å². The minimum Gasteiger partial charge on any atom is -0.478 e. The number of ether oxygens (including phenoxy) is 1. The van der Waals surface area contributed by atoms with Crippen LogP contribution in [-0.4, -0.2) is 30.5 Å². The van der Waals surface area contributed by atoms with Crippen molar-refractivity contribution in [1.82, 2.24) is 10.4 Å². The molecule has 0 saturated carbocycles. The molecule has 0 saturated heterocycles. The minimum absolute atomic E-state index is 0.616. The van der Waals surface area contributed by atoms with Crippen LogP contribution in [0.5, 0.6) is 0 Å². The fourth-order valence-corrected chi connectivity index (χ4v) is 1.53. The predicted molar refractivity (Wildman–Crippen MR) is 58.9 cm³/mol. The van der Waals surface area contributed by atoms with Crippen molar-refractivity contribution in [2.24, 2.45) is 0 Å². The van der Waals surface area contributed by atoms with E-state index >= 15 is 0 Å². The average molecular weight is 212 g/mol. The van der Waals surface area contributed by atoms with Crippen LogP contribution in [-0.2, 0) is 9.53 Å². The molecule has 0 aromatic carbocycles. The minimum atomic E-state index is -0.616. The molecule has 1 rings (SSSR count). The molecule has 0 radical (unpaired) electrons. The van der Waals surface area contributed by atoms with Gasteiger partial charge < -0.3 is 9.53 Å². The van der Waals surface area contributed by atoms with Crippen molar-refractivity contribution < 1.29 is 9.53 Å². The zero-order chi connectivity index (χ0) is 11.3. The van der Waals surface area contributed by atoms with Gasteiger partial charge in [-0.2, -0.15) is 0 Å². The van der Waals surface area contributed by atoms with E-state index in [1.165, 1.54) is 12.8 Å². The molecule has 0 aliphatic carbocycles. The molecule has 0 bridgehead atoms. The van der Waals surface area contributed by atoms with Gasteiger partial charge in [-0.15, -0.1) is 0 Å². The molecule has 0 fully saturated rings. The fraction of sp³-hybridized carbons (Fsp3) is 0.727. The van der Waals surface area contributed by atoms with Gasteiger partial charge in [0.25, 0.3) is 0 Å². The summed E-state index contributed by atoms with van der Waals surface area (Å²) in [5.41, 5.74) is 2.40. The highest BCUT2D eigenvalue weighted by atomic mass is 16.5. The zero-order valence-electron chi connectivity index (χ0n) is 9.75. The SMILES string of the molecule is CCCCCOC1=CC(C)(C=O)NN1C. The van der Waals surface area contributed by atoms with E-state index in [1.807, 2.05) is 20.0 Å². The fourth-order valence-electron chi connectivity index (χ4n) is 1.53. The molecule has 1 heterocycles. The number of carbonyl (C=O) groups excluding carboxylic acids is 1. The first-order chi connectivity index (χ1) is 7.11. The maximum absolute atomic E-state index is 10.8. The Morgan fingerprint density at radius 3 is 2.87 bits per heavy atom. The maximum Gasteiger partial charge on any atom is 0.201 e. The number of carbonyl (C=O) groups is 1. The largest absolute Gasteiger partial charge is 0.478 e. The van der Waals surface area contributed by atoms with E-state index < -0.39 is 5.54 Å². The van der Waals surface area contributed by atoms with Crippen molar-refractivity contribution in [2.45, 2.75) is 38.6 Å². The monoisotopic (exact) mass is 212 g/mol. The second-order valence-electron chi connectivity index (χ2n) is 4.11. The lowest BCUT2D eigenvalue weighted by atomic mass is 10.1. The van der Waals surface area contributed by atoms with E-state index in [0.29, 0.717) is 6.61 Å². The average Bonchev–Trinajstić information content (AvgIpc) is 2.50. The Kier molecular flexibility index (Phi) is 4.15. The van der Waals surface area contributed by atoms with Crippen LogP contribution in [0.4, 0.5) is 0 Å². The normalized spacial score (nSPS) is 25.3. The van der Waals surface area contributed by atoms with E-state index in [-0.39, 0.29) is 0 Å². The van der Waals surface area contributed by atoms with Gasteiger partial charge in [0.05, 0.1) is 6.61 Å². The summed E-state index contributed by atoms with van der Waals surface area (Å²) in [6, 6.07) is 0. The van der Waals surface area contributed by atoms with Crippen LogP contribution in [0.2, 0.25) is 0 Å². The summed E-state index contributed by atoms with van der Waals surface area (Å²) in [6.07, 6.45) is 6.11. The molecule has 86 valence electrons. The highest BCUT2D eigenvalue weighted by Crippen LogP contribution is 2.18. The van der Waals surface area contributed by atoms with Gasteiger partial charge in [0.15, 0.2) is 0 Å². The van der Waals surface area contributed by atoms with Crippen LogP contribution < -0.4 is 5.43 Å². The molecule has 0 aromatic rings. The topological polar surface area (TPSA) is 41.6 Å². The molecular weight excluding hydrogens is 192 g/mol. The van der Waals surface area contributed by atoms with Crippen LogP contribution in [0.1, 0.15) is 33.1 Å². The second-order valence-corrected chi connectivity index (χ2v) is 4.11. The Balaban J connectivity index is 2.40. The number of aldehydes is 1. The summed E-state index contributed by atoms with van der Waals surface area (Å²) in [6.45, 7) is 4.69. The van der Waals surface area contributed by atoms with Crippen molar-refractivity contribution in [3.63, 3.8) is 0 Å². The molecule has 15 heavy (non-hydrogen) atoms. The van der Waals surface area contributed by atoms with Crippen LogP contribution in [0.25, 0.3) is 0 Å².